The molecule has 7 heteroatoms. The van der Waals surface area contributed by atoms with Crippen molar-refractivity contribution in [1.82, 2.24) is 9.97 Å². The number of ether oxygens (including phenoxy) is 1. The highest BCUT2D eigenvalue weighted by Crippen LogP contribution is 2.25. The van der Waals surface area contributed by atoms with E-state index in [2.05, 4.69) is 31.2 Å². The largest absolute Gasteiger partial charge is 0.497 e. The summed E-state index contributed by atoms with van der Waals surface area (Å²) in [7, 11) is 1.63. The summed E-state index contributed by atoms with van der Waals surface area (Å²) < 4.78 is 6.06. The second-order valence-electron chi connectivity index (χ2n) is 5.25. The summed E-state index contributed by atoms with van der Waals surface area (Å²) in [4.78, 5) is 19.8. The number of rotatable bonds is 5. The molecule has 24 heavy (non-hydrogen) atoms. The Morgan fingerprint density at radius 1 is 1.33 bits per heavy atom. The highest BCUT2D eigenvalue weighted by atomic mass is 79.9. The fraction of sp³-hybridized carbons (Fsp3) is 0.176. The molecule has 0 fully saturated rings. The maximum Gasteiger partial charge on any atom is 0.234 e. The van der Waals surface area contributed by atoms with Gasteiger partial charge >= 0.3 is 0 Å². The molecule has 3 aromatic rings. The summed E-state index contributed by atoms with van der Waals surface area (Å²) in [5.74, 6) is 0.962. The van der Waals surface area contributed by atoms with Crippen molar-refractivity contribution in [2.45, 2.75) is 12.1 Å². The monoisotopic (exact) mass is 405 g/mol. The van der Waals surface area contributed by atoms with Gasteiger partial charge in [-0.3, -0.25) is 4.79 Å². The van der Waals surface area contributed by atoms with E-state index < -0.39 is 0 Å². The van der Waals surface area contributed by atoms with Crippen LogP contribution in [-0.4, -0.2) is 28.7 Å². The first-order valence-corrected chi connectivity index (χ1v) is 9.05. The molecule has 2 aromatic carbocycles. The summed E-state index contributed by atoms with van der Waals surface area (Å²) in [6.07, 6.45) is 0. The molecule has 3 rings (SSSR count). The number of carbonyl (C=O) groups excluding carboxylic acids is 1. The zero-order chi connectivity index (χ0) is 17.1. The number of amides is 1. The van der Waals surface area contributed by atoms with Crippen molar-refractivity contribution in [1.29, 1.82) is 0 Å². The SMILES string of the molecule is COc1ccc2nc(SCC(=O)Nc3ccc(C)cc3Br)[nH]c2c1. The van der Waals surface area contributed by atoms with Gasteiger partial charge in [-0.05, 0) is 52.7 Å². The minimum atomic E-state index is -0.0809. The van der Waals surface area contributed by atoms with Crippen LogP contribution in [0.1, 0.15) is 5.56 Å². The van der Waals surface area contributed by atoms with Crippen LogP contribution in [-0.2, 0) is 4.79 Å². The standard InChI is InChI=1S/C17H16BrN3O2S/c1-10-3-5-13(12(18)7-10)19-16(22)9-24-17-20-14-6-4-11(23-2)8-15(14)21-17/h3-8H,9H2,1-2H3,(H,19,22)(H,20,21). The molecule has 0 saturated carbocycles. The molecule has 0 aliphatic rings. The van der Waals surface area contributed by atoms with E-state index in [4.69, 9.17) is 4.74 Å². The molecule has 0 saturated heterocycles. The molecule has 2 N–H and O–H groups in total. The highest BCUT2D eigenvalue weighted by Gasteiger charge is 2.09. The van der Waals surface area contributed by atoms with Gasteiger partial charge in [0.1, 0.15) is 5.75 Å². The molecule has 0 radical (unpaired) electrons. The van der Waals surface area contributed by atoms with Crippen LogP contribution in [0.4, 0.5) is 5.69 Å². The lowest BCUT2D eigenvalue weighted by molar-refractivity contribution is -0.113. The summed E-state index contributed by atoms with van der Waals surface area (Å²) in [6.45, 7) is 2.00. The Labute approximate surface area is 152 Å². The molecule has 5 nitrogen and oxygen atoms in total. The molecule has 0 aliphatic carbocycles. The molecule has 1 amide bonds. The smallest absolute Gasteiger partial charge is 0.234 e. The van der Waals surface area contributed by atoms with Crippen LogP contribution < -0.4 is 10.1 Å². The van der Waals surface area contributed by atoms with Gasteiger partial charge in [0.15, 0.2) is 5.16 Å². The highest BCUT2D eigenvalue weighted by molar-refractivity contribution is 9.10. The second-order valence-corrected chi connectivity index (χ2v) is 7.06. The summed E-state index contributed by atoms with van der Waals surface area (Å²) in [6, 6.07) is 11.4. The molecule has 0 unspecified atom stereocenters. The lowest BCUT2D eigenvalue weighted by Crippen LogP contribution is -2.14. The van der Waals surface area contributed by atoms with Crippen molar-refractivity contribution in [2.75, 3.05) is 18.2 Å². The number of H-pyrrole nitrogens is 1. The fourth-order valence-electron chi connectivity index (χ4n) is 2.20. The molecule has 0 atom stereocenters. The van der Waals surface area contributed by atoms with Crippen LogP contribution in [0.2, 0.25) is 0 Å². The number of benzene rings is 2. The third-order valence-corrected chi connectivity index (χ3v) is 4.94. The Bertz CT molecular complexity index is 895. The van der Waals surface area contributed by atoms with Crippen molar-refractivity contribution in [3.8, 4) is 5.75 Å². The van der Waals surface area contributed by atoms with E-state index >= 15 is 0 Å². The van der Waals surface area contributed by atoms with E-state index in [9.17, 15) is 4.79 Å². The molecule has 0 aliphatic heterocycles. The van der Waals surface area contributed by atoms with Crippen LogP contribution >= 0.6 is 27.7 Å². The van der Waals surface area contributed by atoms with Gasteiger partial charge < -0.3 is 15.0 Å². The molecular weight excluding hydrogens is 390 g/mol. The van der Waals surface area contributed by atoms with Gasteiger partial charge in [-0.2, -0.15) is 0 Å². The van der Waals surface area contributed by atoms with E-state index in [-0.39, 0.29) is 11.7 Å². The molecular formula is C17H16BrN3O2S. The predicted octanol–water partition coefficient (Wildman–Crippen LogP) is 4.37. The Morgan fingerprint density at radius 3 is 2.92 bits per heavy atom. The predicted molar refractivity (Wildman–Crippen MR) is 101 cm³/mol. The number of hydrogen-bond acceptors (Lipinski definition) is 4. The fourth-order valence-corrected chi connectivity index (χ4v) is 3.48. The number of thioether (sulfide) groups is 1. The van der Waals surface area contributed by atoms with Gasteiger partial charge in [0.25, 0.3) is 0 Å². The van der Waals surface area contributed by atoms with Crippen LogP contribution in [0.3, 0.4) is 0 Å². The first-order valence-electron chi connectivity index (χ1n) is 7.28. The minimum Gasteiger partial charge on any atom is -0.497 e. The number of methoxy groups -OCH3 is 1. The number of imidazole rings is 1. The summed E-state index contributed by atoms with van der Waals surface area (Å²) >= 11 is 4.82. The van der Waals surface area contributed by atoms with Crippen molar-refractivity contribution >= 4 is 50.3 Å². The molecule has 1 aromatic heterocycles. The van der Waals surface area contributed by atoms with E-state index in [0.717, 1.165) is 32.5 Å². The Kier molecular flexibility index (Phi) is 5.11. The molecule has 124 valence electrons. The van der Waals surface area contributed by atoms with E-state index in [1.54, 1.807) is 7.11 Å². The number of nitrogens with zero attached hydrogens (tertiary/aromatic N) is 1. The molecule has 0 bridgehead atoms. The van der Waals surface area contributed by atoms with Gasteiger partial charge in [-0.25, -0.2) is 4.98 Å². The number of aryl methyl sites for hydroxylation is 1. The van der Waals surface area contributed by atoms with Crippen molar-refractivity contribution < 1.29 is 9.53 Å². The second kappa shape index (κ2) is 7.27. The van der Waals surface area contributed by atoms with Gasteiger partial charge in [0.2, 0.25) is 5.91 Å². The minimum absolute atomic E-state index is 0.0809. The van der Waals surface area contributed by atoms with Crippen LogP contribution in [0.5, 0.6) is 5.75 Å². The number of aromatic amines is 1. The van der Waals surface area contributed by atoms with Gasteiger partial charge in [-0.15, -0.1) is 0 Å². The van der Waals surface area contributed by atoms with E-state index in [1.165, 1.54) is 11.8 Å². The topological polar surface area (TPSA) is 67.0 Å². The van der Waals surface area contributed by atoms with Crippen molar-refractivity contribution in [2.24, 2.45) is 0 Å². The lowest BCUT2D eigenvalue weighted by Gasteiger charge is -2.07. The normalized spacial score (nSPS) is 10.8. The average Bonchev–Trinajstić information content (AvgIpc) is 2.97. The van der Waals surface area contributed by atoms with Gasteiger partial charge in [0, 0.05) is 10.5 Å². The average molecular weight is 406 g/mol. The van der Waals surface area contributed by atoms with E-state index in [1.807, 2.05) is 43.3 Å². The Hall–Kier alpha value is -1.99. The zero-order valence-corrected chi connectivity index (χ0v) is 15.6. The number of carbonyl (C=O) groups is 1. The van der Waals surface area contributed by atoms with Crippen molar-refractivity contribution in [3.63, 3.8) is 0 Å². The maximum absolute atomic E-state index is 12.1. The number of halogens is 1. The van der Waals surface area contributed by atoms with Crippen LogP contribution in [0.15, 0.2) is 46.0 Å². The molecule has 0 spiro atoms. The van der Waals surface area contributed by atoms with E-state index in [0.29, 0.717) is 5.16 Å². The number of hydrogen-bond donors (Lipinski definition) is 2. The zero-order valence-electron chi connectivity index (χ0n) is 13.2. The third-order valence-electron chi connectivity index (χ3n) is 3.41. The Morgan fingerprint density at radius 2 is 2.17 bits per heavy atom. The third kappa shape index (κ3) is 3.91. The number of nitrogens with one attached hydrogen (secondary N) is 2. The number of aromatic nitrogens is 2. The molecule has 1 heterocycles. The lowest BCUT2D eigenvalue weighted by atomic mass is 10.2. The number of anilines is 1. The summed E-state index contributed by atoms with van der Waals surface area (Å²) in [5, 5.41) is 3.60. The van der Waals surface area contributed by atoms with Crippen molar-refractivity contribution in [3.05, 3.63) is 46.4 Å². The van der Waals surface area contributed by atoms with Gasteiger partial charge in [-0.1, -0.05) is 17.8 Å². The first-order chi connectivity index (χ1) is 11.5. The first kappa shape index (κ1) is 16.9. The Balaban J connectivity index is 1.63. The summed E-state index contributed by atoms with van der Waals surface area (Å²) in [5.41, 5.74) is 3.63. The van der Waals surface area contributed by atoms with Gasteiger partial charge in [0.05, 0.1) is 29.6 Å². The number of fused-ring (bicyclic) bond motifs is 1. The quantitative estimate of drug-likeness (QED) is 0.618. The maximum atomic E-state index is 12.1. The van der Waals surface area contributed by atoms with Crippen LogP contribution in [0.25, 0.3) is 11.0 Å². The van der Waals surface area contributed by atoms with Crippen LogP contribution in [0, 0.1) is 6.92 Å².